The van der Waals surface area contributed by atoms with Gasteiger partial charge in [0, 0.05) is 11.5 Å². The number of rotatable bonds is 1. The molecule has 1 aliphatic carbocycles. The highest BCUT2D eigenvalue weighted by atomic mass is 32.2. The van der Waals surface area contributed by atoms with Gasteiger partial charge in [0.05, 0.1) is 17.7 Å². The van der Waals surface area contributed by atoms with Gasteiger partial charge in [-0.3, -0.25) is 4.79 Å². The fraction of sp³-hybridized carbons (Fsp3) is 0.833. The van der Waals surface area contributed by atoms with E-state index < -0.39 is 0 Å². The Hall–Kier alpha value is -0.510. The van der Waals surface area contributed by atoms with Gasteiger partial charge in [0.2, 0.25) is 0 Å². The molecule has 88 valence electrons. The number of nitrogens with zero attached hydrogens (tertiary/aromatic N) is 2. The van der Waals surface area contributed by atoms with E-state index in [1.165, 1.54) is 25.7 Å². The average Bonchev–Trinajstić information content (AvgIpc) is 2.74. The van der Waals surface area contributed by atoms with Crippen molar-refractivity contribution in [2.24, 2.45) is 11.0 Å². The molecule has 1 saturated heterocycles. The zero-order valence-corrected chi connectivity index (χ0v) is 10.3. The first-order valence-electron chi connectivity index (χ1n) is 6.34. The Morgan fingerprint density at radius 1 is 1.19 bits per heavy atom. The number of carbonyl (C=O) groups excluding carboxylic acids is 1. The lowest BCUT2D eigenvalue weighted by Gasteiger charge is -2.24. The van der Waals surface area contributed by atoms with Crippen LogP contribution in [0.4, 0.5) is 0 Å². The Morgan fingerprint density at radius 3 is 2.62 bits per heavy atom. The third-order valence-electron chi connectivity index (χ3n) is 3.87. The lowest BCUT2D eigenvalue weighted by molar-refractivity contribution is -0.133. The van der Waals surface area contributed by atoms with Crippen LogP contribution in [0.15, 0.2) is 5.10 Å². The van der Waals surface area contributed by atoms with Crippen molar-refractivity contribution < 1.29 is 4.79 Å². The number of hydrazone groups is 1. The van der Waals surface area contributed by atoms with Crippen molar-refractivity contribution in [3.63, 3.8) is 0 Å². The fourth-order valence-electron chi connectivity index (χ4n) is 2.90. The number of hydrogen-bond acceptors (Lipinski definition) is 3. The van der Waals surface area contributed by atoms with Gasteiger partial charge in [0.25, 0.3) is 5.91 Å². The first-order valence-corrected chi connectivity index (χ1v) is 7.50. The second-order valence-electron chi connectivity index (χ2n) is 4.99. The zero-order chi connectivity index (χ0) is 11.0. The topological polar surface area (TPSA) is 32.7 Å². The molecular weight excluding hydrogens is 220 g/mol. The average molecular weight is 238 g/mol. The second kappa shape index (κ2) is 4.40. The number of thioether (sulfide) groups is 1. The summed E-state index contributed by atoms with van der Waals surface area (Å²) in [5.41, 5.74) is 1.14. The minimum absolute atomic E-state index is 0.133. The molecule has 3 rings (SSSR count). The summed E-state index contributed by atoms with van der Waals surface area (Å²) in [6.45, 7) is 0. The maximum Gasteiger partial charge on any atom is 0.252 e. The van der Waals surface area contributed by atoms with Gasteiger partial charge in [0.15, 0.2) is 0 Å². The number of fused-ring (bicyclic) bond motifs is 1. The van der Waals surface area contributed by atoms with Crippen LogP contribution < -0.4 is 0 Å². The van der Waals surface area contributed by atoms with Crippen molar-refractivity contribution in [3.05, 3.63) is 0 Å². The van der Waals surface area contributed by atoms with Gasteiger partial charge in [-0.1, -0.05) is 25.7 Å². The van der Waals surface area contributed by atoms with Crippen LogP contribution in [0.1, 0.15) is 38.5 Å². The van der Waals surface area contributed by atoms with Crippen molar-refractivity contribution in [2.45, 2.75) is 44.6 Å². The molecule has 2 aliphatic heterocycles. The highest BCUT2D eigenvalue weighted by Gasteiger charge is 2.41. The van der Waals surface area contributed by atoms with Crippen LogP contribution in [-0.2, 0) is 4.79 Å². The Labute approximate surface area is 101 Å². The van der Waals surface area contributed by atoms with Crippen molar-refractivity contribution in [1.82, 2.24) is 5.01 Å². The van der Waals surface area contributed by atoms with E-state index in [0.717, 1.165) is 30.1 Å². The third kappa shape index (κ3) is 1.77. The van der Waals surface area contributed by atoms with Gasteiger partial charge in [-0.15, -0.1) is 0 Å². The van der Waals surface area contributed by atoms with Crippen LogP contribution in [0.3, 0.4) is 0 Å². The van der Waals surface area contributed by atoms with Crippen LogP contribution in [-0.4, -0.2) is 34.2 Å². The van der Waals surface area contributed by atoms with Gasteiger partial charge in [-0.25, -0.2) is 5.01 Å². The summed E-state index contributed by atoms with van der Waals surface area (Å²) in [4.78, 5) is 12.2. The minimum Gasteiger partial charge on any atom is -0.272 e. The molecule has 3 nitrogen and oxygen atoms in total. The summed E-state index contributed by atoms with van der Waals surface area (Å²) >= 11 is 1.84. The maximum atomic E-state index is 12.2. The van der Waals surface area contributed by atoms with E-state index in [1.807, 2.05) is 16.8 Å². The van der Waals surface area contributed by atoms with Crippen LogP contribution in [0.5, 0.6) is 0 Å². The molecule has 16 heavy (non-hydrogen) atoms. The standard InChI is InChI=1S/C12H18N2OS/c15-12-10-7-16-8-11(10)13-14(12)9-5-3-1-2-4-6-9/h9-10H,1-8H2. The quantitative estimate of drug-likeness (QED) is 0.656. The number of amides is 1. The number of carbonyl (C=O) groups is 1. The summed E-state index contributed by atoms with van der Waals surface area (Å²) in [6, 6.07) is 0.401. The second-order valence-corrected chi connectivity index (χ2v) is 6.02. The van der Waals surface area contributed by atoms with Crippen molar-refractivity contribution in [1.29, 1.82) is 0 Å². The van der Waals surface area contributed by atoms with E-state index in [2.05, 4.69) is 5.10 Å². The smallest absolute Gasteiger partial charge is 0.252 e. The monoisotopic (exact) mass is 238 g/mol. The maximum absolute atomic E-state index is 12.2. The van der Waals surface area contributed by atoms with Crippen LogP contribution in [0.25, 0.3) is 0 Å². The van der Waals surface area contributed by atoms with Crippen molar-refractivity contribution in [3.8, 4) is 0 Å². The highest BCUT2D eigenvalue weighted by Crippen LogP contribution is 2.32. The van der Waals surface area contributed by atoms with Crippen LogP contribution >= 0.6 is 11.8 Å². The molecule has 0 N–H and O–H groups in total. The first kappa shape index (κ1) is 10.6. The Morgan fingerprint density at radius 2 is 1.94 bits per heavy atom. The molecule has 1 atom stereocenters. The van der Waals surface area contributed by atoms with Crippen molar-refractivity contribution >= 4 is 23.4 Å². The molecular formula is C12H18N2OS. The lowest BCUT2D eigenvalue weighted by Crippen LogP contribution is -2.35. The minimum atomic E-state index is 0.133. The molecule has 0 bridgehead atoms. The van der Waals surface area contributed by atoms with E-state index in [0.29, 0.717) is 6.04 Å². The van der Waals surface area contributed by atoms with E-state index in [-0.39, 0.29) is 11.8 Å². The van der Waals surface area contributed by atoms with Crippen molar-refractivity contribution in [2.75, 3.05) is 11.5 Å². The Kier molecular flexibility index (Phi) is 2.92. The molecule has 1 saturated carbocycles. The predicted octanol–water partition coefficient (Wildman–Crippen LogP) is 2.27. The highest BCUT2D eigenvalue weighted by molar-refractivity contribution is 8.00. The van der Waals surface area contributed by atoms with E-state index in [4.69, 9.17) is 0 Å². The molecule has 3 aliphatic rings. The fourth-order valence-corrected chi connectivity index (χ4v) is 4.06. The Bertz CT molecular complexity index is 321. The van der Waals surface area contributed by atoms with Gasteiger partial charge in [-0.05, 0) is 12.8 Å². The lowest BCUT2D eigenvalue weighted by atomic mass is 10.1. The van der Waals surface area contributed by atoms with Gasteiger partial charge < -0.3 is 0 Å². The number of hydrogen-bond donors (Lipinski definition) is 0. The predicted molar refractivity (Wildman–Crippen MR) is 66.6 cm³/mol. The Balaban J connectivity index is 1.75. The third-order valence-corrected chi connectivity index (χ3v) is 4.94. The molecule has 2 heterocycles. The molecule has 2 fully saturated rings. The van der Waals surface area contributed by atoms with Gasteiger partial charge in [0.1, 0.15) is 0 Å². The molecule has 0 aromatic rings. The summed E-state index contributed by atoms with van der Waals surface area (Å²) in [6.07, 6.45) is 7.49. The molecule has 0 radical (unpaired) electrons. The molecule has 1 amide bonds. The SMILES string of the molecule is O=C1C2CSCC2=NN1C1CCCCCC1. The molecule has 0 aromatic heterocycles. The van der Waals surface area contributed by atoms with Crippen LogP contribution in [0.2, 0.25) is 0 Å². The normalized spacial score (nSPS) is 31.5. The summed E-state index contributed by atoms with van der Waals surface area (Å²) in [7, 11) is 0. The van der Waals surface area contributed by atoms with Crippen LogP contribution in [0, 0.1) is 5.92 Å². The molecule has 0 spiro atoms. The van der Waals surface area contributed by atoms with E-state index in [9.17, 15) is 4.79 Å². The van der Waals surface area contributed by atoms with Gasteiger partial charge >= 0.3 is 0 Å². The summed E-state index contributed by atoms with van der Waals surface area (Å²) in [5.74, 6) is 2.35. The zero-order valence-electron chi connectivity index (χ0n) is 9.52. The molecule has 1 unspecified atom stereocenters. The first-order chi connectivity index (χ1) is 7.86. The summed E-state index contributed by atoms with van der Waals surface area (Å²) in [5, 5.41) is 6.41. The largest absolute Gasteiger partial charge is 0.272 e. The van der Waals surface area contributed by atoms with E-state index in [1.54, 1.807) is 0 Å². The van der Waals surface area contributed by atoms with Gasteiger partial charge in [-0.2, -0.15) is 16.9 Å². The molecule has 4 heteroatoms. The summed E-state index contributed by atoms with van der Waals surface area (Å²) < 4.78 is 0. The molecule has 0 aromatic carbocycles. The van der Waals surface area contributed by atoms with E-state index >= 15 is 0 Å².